The molecule has 0 spiro atoms. The van der Waals surface area contributed by atoms with Gasteiger partial charge in [-0.05, 0) is 24.3 Å². The van der Waals surface area contributed by atoms with E-state index in [1.807, 2.05) is 0 Å². The molecule has 1 aliphatic rings. The lowest BCUT2D eigenvalue weighted by Gasteiger charge is -2.31. The Balaban J connectivity index is 1.87. The van der Waals surface area contributed by atoms with E-state index in [9.17, 15) is 18.0 Å². The zero-order chi connectivity index (χ0) is 15.5. The molecular formula is C13H15F3N2O3. The van der Waals surface area contributed by atoms with Crippen LogP contribution < -0.4 is 10.1 Å². The second kappa shape index (κ2) is 6.21. The van der Waals surface area contributed by atoms with Crippen molar-refractivity contribution < 1.29 is 27.8 Å². The number of hydrogen-bond acceptors (Lipinski definition) is 3. The van der Waals surface area contributed by atoms with Crippen molar-refractivity contribution >= 4 is 6.09 Å². The van der Waals surface area contributed by atoms with Crippen LogP contribution >= 0.6 is 0 Å². The molecule has 0 unspecified atom stereocenters. The predicted octanol–water partition coefficient (Wildman–Crippen LogP) is 2.04. The van der Waals surface area contributed by atoms with Crippen LogP contribution in [0.15, 0.2) is 24.3 Å². The zero-order valence-electron chi connectivity index (χ0n) is 11.1. The summed E-state index contributed by atoms with van der Waals surface area (Å²) < 4.78 is 42.6. The molecule has 1 saturated heterocycles. The van der Waals surface area contributed by atoms with Crippen molar-refractivity contribution in [2.45, 2.75) is 12.2 Å². The van der Waals surface area contributed by atoms with Crippen LogP contribution in [0.1, 0.15) is 5.56 Å². The molecule has 0 saturated carbocycles. The number of carboxylic acid groups (broad SMARTS) is 1. The lowest BCUT2D eigenvalue weighted by atomic mass is 10.2. The third-order valence-corrected chi connectivity index (χ3v) is 3.16. The quantitative estimate of drug-likeness (QED) is 0.897. The molecule has 0 aromatic heterocycles. The van der Waals surface area contributed by atoms with E-state index in [4.69, 9.17) is 9.84 Å². The number of amides is 1. The topological polar surface area (TPSA) is 61.8 Å². The number of benzene rings is 1. The normalized spacial score (nSPS) is 19.4. The lowest BCUT2D eigenvalue weighted by molar-refractivity contribution is -0.137. The minimum atomic E-state index is -4.37. The van der Waals surface area contributed by atoms with Gasteiger partial charge in [-0.25, -0.2) is 4.79 Å². The maximum absolute atomic E-state index is 12.4. The average Bonchev–Trinajstić information content (AvgIpc) is 2.45. The Kier molecular flexibility index (Phi) is 4.56. The van der Waals surface area contributed by atoms with Gasteiger partial charge in [0.05, 0.1) is 11.6 Å². The Morgan fingerprint density at radius 1 is 1.38 bits per heavy atom. The van der Waals surface area contributed by atoms with Gasteiger partial charge in [0.1, 0.15) is 12.4 Å². The third-order valence-electron chi connectivity index (χ3n) is 3.16. The highest BCUT2D eigenvalue weighted by molar-refractivity contribution is 5.65. The van der Waals surface area contributed by atoms with Crippen molar-refractivity contribution in [2.24, 2.45) is 0 Å². The van der Waals surface area contributed by atoms with Crippen LogP contribution in [0.4, 0.5) is 18.0 Å². The van der Waals surface area contributed by atoms with Gasteiger partial charge in [-0.1, -0.05) is 0 Å². The fourth-order valence-electron chi connectivity index (χ4n) is 2.05. The van der Waals surface area contributed by atoms with Gasteiger partial charge in [-0.15, -0.1) is 0 Å². The van der Waals surface area contributed by atoms with Crippen molar-refractivity contribution in [1.29, 1.82) is 0 Å². The Morgan fingerprint density at radius 3 is 2.62 bits per heavy atom. The lowest BCUT2D eigenvalue weighted by Crippen LogP contribution is -2.54. The first kappa shape index (κ1) is 15.4. The average molecular weight is 304 g/mol. The predicted molar refractivity (Wildman–Crippen MR) is 68.3 cm³/mol. The molecule has 116 valence electrons. The minimum Gasteiger partial charge on any atom is -0.492 e. The van der Waals surface area contributed by atoms with E-state index in [2.05, 4.69) is 5.32 Å². The molecule has 0 aliphatic carbocycles. The van der Waals surface area contributed by atoms with Gasteiger partial charge in [0, 0.05) is 19.6 Å². The van der Waals surface area contributed by atoms with E-state index in [0.29, 0.717) is 18.8 Å². The van der Waals surface area contributed by atoms with E-state index in [0.717, 1.165) is 12.1 Å². The van der Waals surface area contributed by atoms with Crippen LogP contribution in [-0.4, -0.2) is 48.4 Å². The molecule has 1 heterocycles. The molecule has 8 heteroatoms. The van der Waals surface area contributed by atoms with Crippen molar-refractivity contribution in [2.75, 3.05) is 26.2 Å². The van der Waals surface area contributed by atoms with Crippen molar-refractivity contribution in [3.05, 3.63) is 29.8 Å². The molecule has 5 nitrogen and oxygen atoms in total. The summed E-state index contributed by atoms with van der Waals surface area (Å²) in [6, 6.07) is 4.22. The van der Waals surface area contributed by atoms with Gasteiger partial charge >= 0.3 is 12.3 Å². The van der Waals surface area contributed by atoms with Crippen molar-refractivity contribution in [3.8, 4) is 5.75 Å². The summed E-state index contributed by atoms with van der Waals surface area (Å²) in [6.45, 7) is 1.41. The fraction of sp³-hybridized carbons (Fsp3) is 0.462. The minimum absolute atomic E-state index is 0.183. The smallest absolute Gasteiger partial charge is 0.416 e. The van der Waals surface area contributed by atoms with Crippen LogP contribution in [-0.2, 0) is 6.18 Å². The van der Waals surface area contributed by atoms with Crippen molar-refractivity contribution in [1.82, 2.24) is 10.2 Å². The monoisotopic (exact) mass is 304 g/mol. The second-order valence-corrected chi connectivity index (χ2v) is 4.71. The highest BCUT2D eigenvalue weighted by Gasteiger charge is 2.30. The SMILES string of the molecule is O=C(O)N1CCN[C@H](COc2ccc(C(F)(F)F)cc2)C1. The fourth-order valence-corrected chi connectivity index (χ4v) is 2.05. The second-order valence-electron chi connectivity index (χ2n) is 4.71. The number of rotatable bonds is 3. The number of alkyl halides is 3. The van der Waals surface area contributed by atoms with Gasteiger partial charge in [-0.3, -0.25) is 0 Å². The maximum Gasteiger partial charge on any atom is 0.416 e. The summed E-state index contributed by atoms with van der Waals surface area (Å²) in [7, 11) is 0. The molecule has 1 aromatic carbocycles. The molecule has 2 N–H and O–H groups in total. The molecule has 0 radical (unpaired) electrons. The Labute approximate surface area is 119 Å². The Hall–Kier alpha value is -1.96. The summed E-state index contributed by atoms with van der Waals surface area (Å²) in [4.78, 5) is 12.1. The summed E-state index contributed by atoms with van der Waals surface area (Å²) in [5.41, 5.74) is -0.734. The van der Waals surface area contributed by atoms with Crippen LogP contribution in [0.2, 0.25) is 0 Å². The molecule has 21 heavy (non-hydrogen) atoms. The van der Waals surface area contributed by atoms with Gasteiger partial charge in [-0.2, -0.15) is 13.2 Å². The number of nitrogens with one attached hydrogen (secondary N) is 1. The van der Waals surface area contributed by atoms with Crippen LogP contribution in [0, 0.1) is 0 Å². The Bertz CT molecular complexity index is 490. The van der Waals surface area contributed by atoms with Gasteiger partial charge in [0.15, 0.2) is 0 Å². The van der Waals surface area contributed by atoms with E-state index < -0.39 is 17.8 Å². The molecule has 0 bridgehead atoms. The number of carbonyl (C=O) groups is 1. The summed E-state index contributed by atoms with van der Waals surface area (Å²) >= 11 is 0. The van der Waals surface area contributed by atoms with E-state index in [1.54, 1.807) is 0 Å². The Morgan fingerprint density at radius 2 is 2.05 bits per heavy atom. The maximum atomic E-state index is 12.4. The molecular weight excluding hydrogens is 289 g/mol. The highest BCUT2D eigenvalue weighted by atomic mass is 19.4. The van der Waals surface area contributed by atoms with Gasteiger partial charge in [0.2, 0.25) is 0 Å². The van der Waals surface area contributed by atoms with Gasteiger partial charge in [0.25, 0.3) is 0 Å². The molecule has 1 aromatic rings. The van der Waals surface area contributed by atoms with Crippen LogP contribution in [0.5, 0.6) is 5.75 Å². The molecule has 1 fully saturated rings. The van der Waals surface area contributed by atoms with E-state index in [-0.39, 0.29) is 19.2 Å². The standard InChI is InChI=1S/C13H15F3N2O3/c14-13(15,16)9-1-3-11(4-2-9)21-8-10-7-18(12(19)20)6-5-17-10/h1-4,10,17H,5-8H2,(H,19,20)/t10-/m0/s1. The number of hydrogen-bond donors (Lipinski definition) is 2. The van der Waals surface area contributed by atoms with E-state index >= 15 is 0 Å². The summed E-state index contributed by atoms with van der Waals surface area (Å²) in [5.74, 6) is 0.317. The first-order chi connectivity index (χ1) is 9.86. The first-order valence-electron chi connectivity index (χ1n) is 6.37. The largest absolute Gasteiger partial charge is 0.492 e. The number of piperazine rings is 1. The molecule has 1 aliphatic heterocycles. The molecule has 2 rings (SSSR count). The van der Waals surface area contributed by atoms with Crippen LogP contribution in [0.25, 0.3) is 0 Å². The summed E-state index contributed by atoms with van der Waals surface area (Å²) in [6.07, 6.45) is -5.36. The van der Waals surface area contributed by atoms with Crippen molar-refractivity contribution in [3.63, 3.8) is 0 Å². The number of ether oxygens (including phenoxy) is 1. The highest BCUT2D eigenvalue weighted by Crippen LogP contribution is 2.30. The van der Waals surface area contributed by atoms with E-state index in [1.165, 1.54) is 17.0 Å². The summed E-state index contributed by atoms with van der Waals surface area (Å²) in [5, 5.41) is 12.0. The zero-order valence-corrected chi connectivity index (χ0v) is 11.1. The molecule has 1 amide bonds. The number of nitrogens with zero attached hydrogens (tertiary/aromatic N) is 1. The number of halogens is 3. The third kappa shape index (κ3) is 4.25. The van der Waals surface area contributed by atoms with Gasteiger partial charge < -0.3 is 20.1 Å². The molecule has 1 atom stereocenters. The van der Waals surface area contributed by atoms with Crippen LogP contribution in [0.3, 0.4) is 0 Å². The first-order valence-corrected chi connectivity index (χ1v) is 6.37.